The van der Waals surface area contributed by atoms with Crippen molar-refractivity contribution in [2.45, 2.75) is 39.0 Å². The van der Waals surface area contributed by atoms with Gasteiger partial charge in [-0.15, -0.1) is 0 Å². The summed E-state index contributed by atoms with van der Waals surface area (Å²) in [6.07, 6.45) is 1.81. The molecule has 1 rings (SSSR count). The van der Waals surface area contributed by atoms with Gasteiger partial charge in [-0.2, -0.15) is 0 Å². The maximum atomic E-state index is 12.3. The second-order valence-corrected chi connectivity index (χ2v) is 4.73. The molecule has 2 N–H and O–H groups in total. The van der Waals surface area contributed by atoms with Gasteiger partial charge in [0.25, 0.3) is 0 Å². The maximum absolute atomic E-state index is 12.3. The van der Waals surface area contributed by atoms with Crippen molar-refractivity contribution in [2.24, 2.45) is 5.73 Å². The summed E-state index contributed by atoms with van der Waals surface area (Å²) in [5.41, 5.74) is 6.43. The van der Waals surface area contributed by atoms with Gasteiger partial charge in [0.05, 0.1) is 24.8 Å². The van der Waals surface area contributed by atoms with Crippen LogP contribution in [0.5, 0.6) is 0 Å². The molecule has 0 aliphatic rings. The van der Waals surface area contributed by atoms with Crippen LogP contribution in [0.2, 0.25) is 0 Å². The van der Waals surface area contributed by atoms with E-state index in [0.29, 0.717) is 19.5 Å². The molecule has 1 amide bonds. The Hall–Kier alpha value is -1.46. The van der Waals surface area contributed by atoms with Crippen molar-refractivity contribution in [3.63, 3.8) is 0 Å². The number of carbonyl (C=O) groups excluding carboxylic acids is 1. The number of amides is 1. The molecule has 1 aromatic heterocycles. The van der Waals surface area contributed by atoms with Crippen molar-refractivity contribution in [2.75, 3.05) is 13.7 Å². The Bertz CT molecular complexity index is 378. The molecule has 5 nitrogen and oxygen atoms in total. The lowest BCUT2D eigenvalue weighted by Gasteiger charge is -2.28. The minimum Gasteiger partial charge on any atom is -0.380 e. The SMILES string of the molecule is COC(CN)CC(=O)N(Cc1ccccn1)C(C)C. The van der Waals surface area contributed by atoms with Crippen LogP contribution in [0.4, 0.5) is 0 Å². The van der Waals surface area contributed by atoms with E-state index in [2.05, 4.69) is 4.98 Å². The second-order valence-electron chi connectivity index (χ2n) is 4.73. The summed E-state index contributed by atoms with van der Waals surface area (Å²) in [5.74, 6) is 0.0398. The van der Waals surface area contributed by atoms with Crippen molar-refractivity contribution in [3.05, 3.63) is 30.1 Å². The quantitative estimate of drug-likeness (QED) is 0.804. The highest BCUT2D eigenvalue weighted by atomic mass is 16.5. The van der Waals surface area contributed by atoms with Gasteiger partial charge in [-0.3, -0.25) is 9.78 Å². The van der Waals surface area contributed by atoms with Crippen molar-refractivity contribution in [1.82, 2.24) is 9.88 Å². The van der Waals surface area contributed by atoms with Crippen LogP contribution in [0.1, 0.15) is 26.0 Å². The molecule has 1 unspecified atom stereocenters. The lowest BCUT2D eigenvalue weighted by molar-refractivity contribution is -0.136. The largest absolute Gasteiger partial charge is 0.380 e. The third-order valence-corrected chi connectivity index (χ3v) is 3.00. The fourth-order valence-corrected chi connectivity index (χ4v) is 1.80. The summed E-state index contributed by atoms with van der Waals surface area (Å²) < 4.78 is 5.16. The Balaban J connectivity index is 2.69. The summed E-state index contributed by atoms with van der Waals surface area (Å²) >= 11 is 0. The number of nitrogens with two attached hydrogens (primary N) is 1. The summed E-state index contributed by atoms with van der Waals surface area (Å²) in [7, 11) is 1.57. The molecule has 0 aromatic carbocycles. The topological polar surface area (TPSA) is 68.5 Å². The second kappa shape index (κ2) is 7.86. The molecule has 1 aromatic rings. The predicted molar refractivity (Wildman–Crippen MR) is 74.4 cm³/mol. The zero-order valence-corrected chi connectivity index (χ0v) is 11.9. The van der Waals surface area contributed by atoms with Gasteiger partial charge in [-0.05, 0) is 26.0 Å². The van der Waals surface area contributed by atoms with Gasteiger partial charge in [0.15, 0.2) is 0 Å². The molecule has 1 atom stereocenters. The third kappa shape index (κ3) is 4.96. The van der Waals surface area contributed by atoms with E-state index in [1.165, 1.54) is 0 Å². The molecule has 1 heterocycles. The van der Waals surface area contributed by atoms with Gasteiger partial charge >= 0.3 is 0 Å². The van der Waals surface area contributed by atoms with Crippen molar-refractivity contribution in [3.8, 4) is 0 Å². The lowest BCUT2D eigenvalue weighted by atomic mass is 10.2. The van der Waals surface area contributed by atoms with Gasteiger partial charge in [-0.1, -0.05) is 6.07 Å². The van der Waals surface area contributed by atoms with Crippen molar-refractivity contribution in [1.29, 1.82) is 0 Å². The van der Waals surface area contributed by atoms with E-state index >= 15 is 0 Å². The number of carbonyl (C=O) groups is 1. The Morgan fingerprint density at radius 1 is 1.47 bits per heavy atom. The maximum Gasteiger partial charge on any atom is 0.225 e. The number of hydrogen-bond donors (Lipinski definition) is 1. The van der Waals surface area contributed by atoms with Crippen LogP contribution in [0, 0.1) is 0 Å². The Morgan fingerprint density at radius 2 is 2.21 bits per heavy atom. The molecule has 0 aliphatic carbocycles. The fourth-order valence-electron chi connectivity index (χ4n) is 1.80. The Morgan fingerprint density at radius 3 is 2.68 bits per heavy atom. The molecule has 0 bridgehead atoms. The Kier molecular flexibility index (Phi) is 6.45. The predicted octanol–water partition coefficient (Wildman–Crippen LogP) is 1.18. The molecule has 19 heavy (non-hydrogen) atoms. The summed E-state index contributed by atoms with van der Waals surface area (Å²) in [6.45, 7) is 4.84. The standard InChI is InChI=1S/C14H23N3O2/c1-11(2)17(10-12-6-4-5-7-16-12)14(18)8-13(9-15)19-3/h4-7,11,13H,8-10,15H2,1-3H3. The molecule has 5 heteroatoms. The lowest BCUT2D eigenvalue weighted by Crippen LogP contribution is -2.39. The normalized spacial score (nSPS) is 12.5. The minimum absolute atomic E-state index is 0.0398. The summed E-state index contributed by atoms with van der Waals surface area (Å²) in [5, 5.41) is 0. The zero-order chi connectivity index (χ0) is 14.3. The zero-order valence-electron chi connectivity index (χ0n) is 11.9. The number of methoxy groups -OCH3 is 1. The van der Waals surface area contributed by atoms with Crippen LogP contribution >= 0.6 is 0 Å². The van der Waals surface area contributed by atoms with E-state index in [0.717, 1.165) is 5.69 Å². The van der Waals surface area contributed by atoms with E-state index in [4.69, 9.17) is 10.5 Å². The monoisotopic (exact) mass is 265 g/mol. The van der Waals surface area contributed by atoms with Gasteiger partial charge in [-0.25, -0.2) is 0 Å². The van der Waals surface area contributed by atoms with Crippen LogP contribution in [0.15, 0.2) is 24.4 Å². The number of hydrogen-bond acceptors (Lipinski definition) is 4. The molecule has 106 valence electrons. The molecular formula is C14H23N3O2. The summed E-state index contributed by atoms with van der Waals surface area (Å²) in [6, 6.07) is 5.81. The smallest absolute Gasteiger partial charge is 0.225 e. The number of aromatic nitrogens is 1. The van der Waals surface area contributed by atoms with E-state index in [-0.39, 0.29) is 18.1 Å². The van der Waals surface area contributed by atoms with E-state index in [9.17, 15) is 4.79 Å². The van der Waals surface area contributed by atoms with Crippen molar-refractivity contribution < 1.29 is 9.53 Å². The van der Waals surface area contributed by atoms with E-state index < -0.39 is 0 Å². The number of pyridine rings is 1. The molecule has 0 aliphatic heterocycles. The molecule has 0 radical (unpaired) electrons. The van der Waals surface area contributed by atoms with Crippen LogP contribution in [0.25, 0.3) is 0 Å². The molecule has 0 saturated carbocycles. The van der Waals surface area contributed by atoms with Crippen LogP contribution in [-0.4, -0.2) is 41.6 Å². The van der Waals surface area contributed by atoms with Crippen LogP contribution < -0.4 is 5.73 Å². The highest BCUT2D eigenvalue weighted by Crippen LogP contribution is 2.10. The third-order valence-electron chi connectivity index (χ3n) is 3.00. The van der Waals surface area contributed by atoms with Gasteiger partial charge in [0, 0.05) is 25.9 Å². The van der Waals surface area contributed by atoms with E-state index in [1.54, 1.807) is 18.2 Å². The number of ether oxygens (including phenoxy) is 1. The first-order valence-corrected chi connectivity index (χ1v) is 6.50. The number of nitrogens with zero attached hydrogens (tertiary/aromatic N) is 2. The first kappa shape index (κ1) is 15.6. The summed E-state index contributed by atoms with van der Waals surface area (Å²) in [4.78, 5) is 18.3. The molecule has 0 spiro atoms. The highest BCUT2D eigenvalue weighted by molar-refractivity contribution is 5.77. The number of rotatable bonds is 7. The van der Waals surface area contributed by atoms with Gasteiger partial charge in [0.1, 0.15) is 0 Å². The van der Waals surface area contributed by atoms with Crippen molar-refractivity contribution >= 4 is 5.91 Å². The molecular weight excluding hydrogens is 242 g/mol. The van der Waals surface area contributed by atoms with Crippen LogP contribution in [-0.2, 0) is 16.1 Å². The fraction of sp³-hybridized carbons (Fsp3) is 0.571. The minimum atomic E-state index is -0.225. The first-order valence-electron chi connectivity index (χ1n) is 6.50. The van der Waals surface area contributed by atoms with Gasteiger partial charge < -0.3 is 15.4 Å². The average Bonchev–Trinajstić information content (AvgIpc) is 2.42. The van der Waals surface area contributed by atoms with Gasteiger partial charge in [0.2, 0.25) is 5.91 Å². The van der Waals surface area contributed by atoms with E-state index in [1.807, 2.05) is 32.0 Å². The highest BCUT2D eigenvalue weighted by Gasteiger charge is 2.21. The molecule has 0 saturated heterocycles. The van der Waals surface area contributed by atoms with Crippen LogP contribution in [0.3, 0.4) is 0 Å². The Labute approximate surface area is 114 Å². The first-order chi connectivity index (χ1) is 9.08. The molecule has 0 fully saturated rings. The average molecular weight is 265 g/mol.